The number of anilines is 1. The largest absolute Gasteiger partial charge is 0.444 e. The van der Waals surface area contributed by atoms with Gasteiger partial charge in [0.1, 0.15) is 11.5 Å². The molecular formula is C21H28BrN3O4. The van der Waals surface area contributed by atoms with Gasteiger partial charge >= 0.3 is 6.09 Å². The standard InChI is InChI=1S/C21H28BrN3O4/c1-21(2,3)29-20(28)24-10-7-15(8-11-24)23-18(26)17-9-12-25(19(17)27)16-6-4-5-14(22)13-16/h4-6,13,15,17H,7-12H2,1-3H3,(H,23,26). The average Bonchev–Trinajstić information content (AvgIpc) is 3.02. The second-order valence-corrected chi connectivity index (χ2v) is 9.48. The van der Waals surface area contributed by atoms with Gasteiger partial charge in [-0.05, 0) is 58.2 Å². The lowest BCUT2D eigenvalue weighted by atomic mass is 10.0. The van der Waals surface area contributed by atoms with Crippen LogP contribution >= 0.6 is 15.9 Å². The Bertz CT molecular complexity index is 784. The first-order valence-electron chi connectivity index (χ1n) is 9.99. The summed E-state index contributed by atoms with van der Waals surface area (Å²) in [5.41, 5.74) is 0.274. The third kappa shape index (κ3) is 5.50. The molecule has 158 valence electrons. The maximum Gasteiger partial charge on any atom is 0.410 e. The van der Waals surface area contributed by atoms with Crippen LogP contribution in [0.2, 0.25) is 0 Å². The lowest BCUT2D eigenvalue weighted by molar-refractivity contribution is -0.132. The summed E-state index contributed by atoms with van der Waals surface area (Å²) in [7, 11) is 0. The summed E-state index contributed by atoms with van der Waals surface area (Å²) in [6.45, 7) is 7.12. The van der Waals surface area contributed by atoms with E-state index in [2.05, 4.69) is 21.2 Å². The normalized spacial score (nSPS) is 20.7. The van der Waals surface area contributed by atoms with Crippen molar-refractivity contribution in [3.63, 3.8) is 0 Å². The predicted octanol–water partition coefficient (Wildman–Crippen LogP) is 3.32. The fourth-order valence-corrected chi connectivity index (χ4v) is 4.05. The molecule has 8 heteroatoms. The third-order valence-corrected chi connectivity index (χ3v) is 5.63. The summed E-state index contributed by atoms with van der Waals surface area (Å²) < 4.78 is 6.29. The molecule has 29 heavy (non-hydrogen) atoms. The van der Waals surface area contributed by atoms with Crippen molar-refractivity contribution in [3.05, 3.63) is 28.7 Å². The Morgan fingerprint density at radius 1 is 1.14 bits per heavy atom. The minimum Gasteiger partial charge on any atom is -0.444 e. The highest BCUT2D eigenvalue weighted by atomic mass is 79.9. The van der Waals surface area contributed by atoms with E-state index in [-0.39, 0.29) is 23.9 Å². The lowest BCUT2D eigenvalue weighted by Gasteiger charge is -2.34. The van der Waals surface area contributed by atoms with Crippen LogP contribution in [0, 0.1) is 5.92 Å². The van der Waals surface area contributed by atoms with Gasteiger partial charge in [0.25, 0.3) is 0 Å². The zero-order chi connectivity index (χ0) is 21.2. The van der Waals surface area contributed by atoms with E-state index >= 15 is 0 Å². The monoisotopic (exact) mass is 465 g/mol. The van der Waals surface area contributed by atoms with Gasteiger partial charge in [0, 0.05) is 35.8 Å². The van der Waals surface area contributed by atoms with Gasteiger partial charge < -0.3 is 19.9 Å². The topological polar surface area (TPSA) is 79.0 Å². The molecule has 0 aliphatic carbocycles. The Morgan fingerprint density at radius 2 is 1.83 bits per heavy atom. The summed E-state index contributed by atoms with van der Waals surface area (Å²) in [4.78, 5) is 40.9. The number of hydrogen-bond donors (Lipinski definition) is 1. The summed E-state index contributed by atoms with van der Waals surface area (Å²) in [6.07, 6.45) is 1.49. The fourth-order valence-electron chi connectivity index (χ4n) is 3.66. The molecule has 1 unspecified atom stereocenters. The quantitative estimate of drug-likeness (QED) is 0.694. The van der Waals surface area contributed by atoms with Gasteiger partial charge in [0.15, 0.2) is 0 Å². The van der Waals surface area contributed by atoms with Crippen molar-refractivity contribution >= 4 is 39.5 Å². The zero-order valence-electron chi connectivity index (χ0n) is 17.1. The number of rotatable bonds is 3. The van der Waals surface area contributed by atoms with E-state index in [1.54, 1.807) is 9.80 Å². The summed E-state index contributed by atoms with van der Waals surface area (Å²) in [5, 5.41) is 3.01. The molecular weight excluding hydrogens is 438 g/mol. The molecule has 7 nitrogen and oxygen atoms in total. The smallest absolute Gasteiger partial charge is 0.410 e. The maximum atomic E-state index is 12.8. The fraction of sp³-hybridized carbons (Fsp3) is 0.571. The summed E-state index contributed by atoms with van der Waals surface area (Å²) in [5.74, 6) is -1.03. The molecule has 2 fully saturated rings. The highest BCUT2D eigenvalue weighted by Crippen LogP contribution is 2.28. The van der Waals surface area contributed by atoms with Crippen molar-refractivity contribution in [1.29, 1.82) is 0 Å². The molecule has 0 radical (unpaired) electrons. The number of hydrogen-bond acceptors (Lipinski definition) is 4. The molecule has 1 aromatic rings. The van der Waals surface area contributed by atoms with E-state index in [0.717, 1.165) is 10.2 Å². The molecule has 2 aliphatic heterocycles. The molecule has 1 atom stereocenters. The second kappa shape index (κ2) is 8.73. The van der Waals surface area contributed by atoms with Gasteiger partial charge in [0.2, 0.25) is 11.8 Å². The van der Waals surface area contributed by atoms with Crippen molar-refractivity contribution < 1.29 is 19.1 Å². The van der Waals surface area contributed by atoms with Gasteiger partial charge in [-0.15, -0.1) is 0 Å². The van der Waals surface area contributed by atoms with Crippen LogP contribution in [0.1, 0.15) is 40.0 Å². The van der Waals surface area contributed by atoms with E-state index in [1.165, 1.54) is 0 Å². The van der Waals surface area contributed by atoms with Crippen LogP contribution in [0.4, 0.5) is 10.5 Å². The van der Waals surface area contributed by atoms with E-state index in [0.29, 0.717) is 38.9 Å². The van der Waals surface area contributed by atoms with Crippen LogP contribution in [0.25, 0.3) is 0 Å². The van der Waals surface area contributed by atoms with Crippen molar-refractivity contribution in [2.75, 3.05) is 24.5 Å². The molecule has 0 bridgehead atoms. The van der Waals surface area contributed by atoms with Gasteiger partial charge in [-0.3, -0.25) is 9.59 Å². The summed E-state index contributed by atoms with van der Waals surface area (Å²) >= 11 is 3.42. The number of carbonyl (C=O) groups excluding carboxylic acids is 3. The highest BCUT2D eigenvalue weighted by Gasteiger charge is 2.38. The number of halogens is 1. The molecule has 1 N–H and O–H groups in total. The Kier molecular flexibility index (Phi) is 6.51. The molecule has 2 aliphatic rings. The van der Waals surface area contributed by atoms with Gasteiger partial charge in [-0.2, -0.15) is 0 Å². The minimum absolute atomic E-state index is 0.0334. The van der Waals surface area contributed by atoms with Crippen LogP contribution in [0.3, 0.4) is 0 Å². The second-order valence-electron chi connectivity index (χ2n) is 8.56. The number of benzene rings is 1. The van der Waals surface area contributed by atoms with Gasteiger partial charge in [-0.25, -0.2) is 4.79 Å². The first-order valence-corrected chi connectivity index (χ1v) is 10.8. The van der Waals surface area contributed by atoms with Crippen LogP contribution in [-0.4, -0.2) is 54.1 Å². The van der Waals surface area contributed by atoms with Crippen LogP contribution in [-0.2, 0) is 14.3 Å². The zero-order valence-corrected chi connectivity index (χ0v) is 18.7. The number of ether oxygens (including phenoxy) is 1. The number of piperidine rings is 1. The highest BCUT2D eigenvalue weighted by molar-refractivity contribution is 9.10. The van der Waals surface area contributed by atoms with E-state index < -0.39 is 11.5 Å². The van der Waals surface area contributed by atoms with E-state index in [4.69, 9.17) is 4.74 Å². The molecule has 0 saturated carbocycles. The summed E-state index contributed by atoms with van der Waals surface area (Å²) in [6, 6.07) is 7.49. The van der Waals surface area contributed by atoms with Crippen LogP contribution in [0.5, 0.6) is 0 Å². The molecule has 3 rings (SSSR count). The number of nitrogens with zero attached hydrogens (tertiary/aromatic N) is 2. The molecule has 0 aromatic heterocycles. The molecule has 2 heterocycles. The van der Waals surface area contributed by atoms with E-state index in [9.17, 15) is 14.4 Å². The average molecular weight is 466 g/mol. The Hall–Kier alpha value is -2.09. The number of nitrogens with one attached hydrogen (secondary N) is 1. The van der Waals surface area contributed by atoms with Crippen molar-refractivity contribution in [2.24, 2.45) is 5.92 Å². The van der Waals surface area contributed by atoms with Crippen molar-refractivity contribution in [2.45, 2.75) is 51.7 Å². The predicted molar refractivity (Wildman–Crippen MR) is 114 cm³/mol. The number of carbonyl (C=O) groups is 3. The van der Waals surface area contributed by atoms with Crippen LogP contribution < -0.4 is 10.2 Å². The van der Waals surface area contributed by atoms with Crippen LogP contribution in [0.15, 0.2) is 28.7 Å². The Morgan fingerprint density at radius 3 is 2.45 bits per heavy atom. The Labute approximate surface area is 179 Å². The van der Waals surface area contributed by atoms with Gasteiger partial charge in [-0.1, -0.05) is 22.0 Å². The van der Waals surface area contributed by atoms with Crippen molar-refractivity contribution in [1.82, 2.24) is 10.2 Å². The lowest BCUT2D eigenvalue weighted by Crippen LogP contribution is -2.49. The van der Waals surface area contributed by atoms with E-state index in [1.807, 2.05) is 45.0 Å². The third-order valence-electron chi connectivity index (χ3n) is 5.13. The SMILES string of the molecule is CC(C)(C)OC(=O)N1CCC(NC(=O)C2CCN(c3cccc(Br)c3)C2=O)CC1. The van der Waals surface area contributed by atoms with Gasteiger partial charge in [0.05, 0.1) is 0 Å². The number of likely N-dealkylation sites (tertiary alicyclic amines) is 1. The number of amides is 3. The first-order chi connectivity index (χ1) is 13.6. The van der Waals surface area contributed by atoms with Crippen molar-refractivity contribution in [3.8, 4) is 0 Å². The molecule has 2 saturated heterocycles. The minimum atomic E-state index is -0.655. The Balaban J connectivity index is 1.50. The molecule has 0 spiro atoms. The molecule has 3 amide bonds. The maximum absolute atomic E-state index is 12.8. The molecule has 1 aromatic carbocycles. The first kappa shape index (κ1) is 21.6.